The van der Waals surface area contributed by atoms with Crippen LogP contribution in [-0.4, -0.2) is 22.8 Å². The number of phenols is 2. The Bertz CT molecular complexity index is 399. The molecule has 0 bridgehead atoms. The van der Waals surface area contributed by atoms with Gasteiger partial charge in [-0.3, -0.25) is 0 Å². The zero-order valence-corrected chi connectivity index (χ0v) is 18.3. The van der Waals surface area contributed by atoms with Gasteiger partial charge in [0.25, 0.3) is 0 Å². The van der Waals surface area contributed by atoms with Crippen LogP contribution in [0.5, 0.6) is 11.5 Å². The summed E-state index contributed by atoms with van der Waals surface area (Å²) >= 11 is 0. The Hall–Kier alpha value is -2.62. The molecule has 0 heterocycles. The summed E-state index contributed by atoms with van der Waals surface area (Å²) in [5.41, 5.74) is 0. The Labute approximate surface area is 166 Å². The fraction of sp³-hybridized carbons (Fsp3) is 0.391. The number of rotatable bonds is 0. The molecule has 0 atom stereocenters. The fourth-order valence-electron chi connectivity index (χ4n) is 0.856. The van der Waals surface area contributed by atoms with E-state index in [1.54, 1.807) is 48.5 Å². The Kier molecular flexibility index (Phi) is 57.4. The summed E-state index contributed by atoms with van der Waals surface area (Å²) < 4.78 is 0. The van der Waals surface area contributed by atoms with Crippen LogP contribution in [0.2, 0.25) is 0 Å². The van der Waals surface area contributed by atoms with Crippen LogP contribution in [-0.2, 0) is 9.59 Å². The van der Waals surface area contributed by atoms with Gasteiger partial charge in [0.1, 0.15) is 24.1 Å². The highest BCUT2D eigenvalue weighted by Crippen LogP contribution is 2.03. The second kappa shape index (κ2) is 43.6. The van der Waals surface area contributed by atoms with Crippen LogP contribution in [0.4, 0.5) is 0 Å². The minimum absolute atomic E-state index is 0.322. The van der Waals surface area contributed by atoms with Crippen molar-refractivity contribution in [3.63, 3.8) is 0 Å². The molecule has 0 aromatic heterocycles. The van der Waals surface area contributed by atoms with Gasteiger partial charge in [-0.25, -0.2) is 0 Å². The number of aldehydes is 2. The SMILES string of the molecule is CC.CC.CC=O.CC=O.CCC.Oc1ccccc1.Oc1ccccc1. The van der Waals surface area contributed by atoms with E-state index < -0.39 is 0 Å². The third-order valence-electron chi connectivity index (χ3n) is 1.51. The average Bonchev–Trinajstić information content (AvgIpc) is 2.69. The van der Waals surface area contributed by atoms with Crippen molar-refractivity contribution in [1.82, 2.24) is 0 Å². The molecule has 0 fully saturated rings. The molecule has 4 nitrogen and oxygen atoms in total. The average molecular weight is 381 g/mol. The predicted octanol–water partition coefficient (Wildman–Crippen LogP) is 6.66. The quantitative estimate of drug-likeness (QED) is 0.501. The van der Waals surface area contributed by atoms with Crippen molar-refractivity contribution >= 4 is 12.6 Å². The van der Waals surface area contributed by atoms with Crippen molar-refractivity contribution in [2.75, 3.05) is 0 Å². The highest BCUT2D eigenvalue weighted by atomic mass is 16.3. The van der Waals surface area contributed by atoms with Crippen LogP contribution in [0.1, 0.15) is 61.8 Å². The second-order valence-electron chi connectivity index (χ2n) is 3.85. The number of carbonyl (C=O) groups is 2. The summed E-state index contributed by atoms with van der Waals surface area (Å²) in [5, 5.41) is 17.3. The molecule has 0 radical (unpaired) electrons. The van der Waals surface area contributed by atoms with Crippen LogP contribution in [0.3, 0.4) is 0 Å². The molecule has 0 saturated carbocycles. The molecule has 0 amide bonds. The smallest absolute Gasteiger partial charge is 0.116 e. The minimum atomic E-state index is 0.322. The Morgan fingerprint density at radius 2 is 0.778 bits per heavy atom. The van der Waals surface area contributed by atoms with Gasteiger partial charge in [-0.2, -0.15) is 0 Å². The van der Waals surface area contributed by atoms with Gasteiger partial charge in [-0.15, -0.1) is 0 Å². The van der Waals surface area contributed by atoms with Crippen molar-refractivity contribution in [3.05, 3.63) is 60.7 Å². The van der Waals surface area contributed by atoms with E-state index in [9.17, 15) is 0 Å². The van der Waals surface area contributed by atoms with Crippen molar-refractivity contribution < 1.29 is 19.8 Å². The molecular formula is C23H40O4. The number of aromatic hydroxyl groups is 2. The summed E-state index contributed by atoms with van der Waals surface area (Å²) in [7, 11) is 0. The van der Waals surface area contributed by atoms with Crippen molar-refractivity contribution in [1.29, 1.82) is 0 Å². The fourth-order valence-corrected chi connectivity index (χ4v) is 0.856. The van der Waals surface area contributed by atoms with E-state index in [2.05, 4.69) is 13.8 Å². The van der Waals surface area contributed by atoms with E-state index in [4.69, 9.17) is 19.8 Å². The number of para-hydroxylation sites is 2. The zero-order chi connectivity index (χ0) is 22.3. The van der Waals surface area contributed by atoms with Gasteiger partial charge >= 0.3 is 0 Å². The van der Waals surface area contributed by atoms with E-state index in [-0.39, 0.29) is 0 Å². The van der Waals surface area contributed by atoms with E-state index in [0.29, 0.717) is 11.5 Å². The minimum Gasteiger partial charge on any atom is -0.508 e. The molecule has 0 saturated heterocycles. The first-order chi connectivity index (χ1) is 13.0. The normalized spacial score (nSPS) is 6.52. The molecule has 0 aliphatic carbocycles. The molecule has 0 spiro atoms. The Morgan fingerprint density at radius 1 is 0.630 bits per heavy atom. The molecule has 0 aliphatic heterocycles. The summed E-state index contributed by atoms with van der Waals surface area (Å²) in [4.78, 5) is 17.6. The largest absolute Gasteiger partial charge is 0.508 e. The van der Waals surface area contributed by atoms with Crippen molar-refractivity contribution in [3.8, 4) is 11.5 Å². The Balaban J connectivity index is -0.0000000755. The topological polar surface area (TPSA) is 74.6 Å². The number of hydrogen-bond donors (Lipinski definition) is 2. The molecule has 156 valence electrons. The van der Waals surface area contributed by atoms with Gasteiger partial charge < -0.3 is 19.8 Å². The number of benzene rings is 2. The van der Waals surface area contributed by atoms with E-state index >= 15 is 0 Å². The monoisotopic (exact) mass is 380 g/mol. The molecule has 0 aliphatic rings. The second-order valence-corrected chi connectivity index (χ2v) is 3.85. The van der Waals surface area contributed by atoms with Crippen molar-refractivity contribution in [2.45, 2.75) is 61.8 Å². The summed E-state index contributed by atoms with van der Waals surface area (Å²) in [6.07, 6.45) is 2.75. The van der Waals surface area contributed by atoms with Gasteiger partial charge in [0.15, 0.2) is 0 Å². The lowest BCUT2D eigenvalue weighted by molar-refractivity contribution is -0.106. The van der Waals surface area contributed by atoms with Gasteiger partial charge in [0.2, 0.25) is 0 Å². The molecule has 2 aromatic carbocycles. The number of hydrogen-bond acceptors (Lipinski definition) is 4. The van der Waals surface area contributed by atoms with Gasteiger partial charge in [-0.1, -0.05) is 84.4 Å². The van der Waals surface area contributed by atoms with E-state index in [1.807, 2.05) is 39.8 Å². The van der Waals surface area contributed by atoms with Crippen LogP contribution in [0, 0.1) is 0 Å². The molecule has 27 heavy (non-hydrogen) atoms. The van der Waals surface area contributed by atoms with E-state index in [1.165, 1.54) is 20.3 Å². The maximum absolute atomic E-state index is 8.81. The maximum atomic E-state index is 8.81. The number of phenolic OH excluding ortho intramolecular Hbond substituents is 2. The molecule has 4 heteroatoms. The first-order valence-electron chi connectivity index (χ1n) is 9.31. The van der Waals surface area contributed by atoms with Gasteiger partial charge in [-0.05, 0) is 38.1 Å². The predicted molar refractivity (Wildman–Crippen MR) is 118 cm³/mol. The summed E-state index contributed by atoms with van der Waals surface area (Å²) in [5.74, 6) is 0.644. The first-order valence-corrected chi connectivity index (χ1v) is 9.31. The van der Waals surface area contributed by atoms with Crippen LogP contribution >= 0.6 is 0 Å². The van der Waals surface area contributed by atoms with Crippen LogP contribution in [0.25, 0.3) is 0 Å². The lowest BCUT2D eigenvalue weighted by Gasteiger charge is -1.82. The summed E-state index contributed by atoms with van der Waals surface area (Å²) in [6, 6.07) is 17.4. The lowest BCUT2D eigenvalue weighted by atomic mass is 10.3. The number of carbonyl (C=O) groups excluding carboxylic acids is 2. The van der Waals surface area contributed by atoms with Gasteiger partial charge in [0, 0.05) is 0 Å². The van der Waals surface area contributed by atoms with Crippen LogP contribution < -0.4 is 0 Å². The van der Waals surface area contributed by atoms with Crippen molar-refractivity contribution in [2.24, 2.45) is 0 Å². The van der Waals surface area contributed by atoms with Gasteiger partial charge in [0.05, 0.1) is 0 Å². The van der Waals surface area contributed by atoms with E-state index in [0.717, 1.165) is 12.6 Å². The summed E-state index contributed by atoms with van der Waals surface area (Å²) in [6.45, 7) is 15.1. The molecule has 2 aromatic rings. The van der Waals surface area contributed by atoms with Crippen LogP contribution in [0.15, 0.2) is 60.7 Å². The third-order valence-corrected chi connectivity index (χ3v) is 1.51. The lowest BCUT2D eigenvalue weighted by Crippen LogP contribution is -1.56. The third kappa shape index (κ3) is 59.7. The standard InChI is InChI=1S/2C6H6O.C3H8.2C2H4O.2C2H6/c2*7-6-4-2-1-3-5-6;1-3-2;2*1-2-3;2*1-2/h2*1-5,7H;3H2,1-2H3;2*2H,1H3;2*1-2H3. The molecule has 2 rings (SSSR count). The highest BCUT2D eigenvalue weighted by molar-refractivity contribution is 5.44. The Morgan fingerprint density at radius 3 is 0.852 bits per heavy atom. The maximum Gasteiger partial charge on any atom is 0.116 e. The molecule has 0 unspecified atom stereocenters. The highest BCUT2D eigenvalue weighted by Gasteiger charge is 1.75. The molecule has 2 N–H and O–H groups in total. The first kappa shape index (κ1) is 35.5. The molecular weight excluding hydrogens is 340 g/mol. The zero-order valence-electron chi connectivity index (χ0n) is 18.3.